The molecule has 0 N–H and O–H groups in total. The first kappa shape index (κ1) is 10.3. The lowest BCUT2D eigenvalue weighted by molar-refractivity contribution is 0.370. The highest BCUT2D eigenvalue weighted by Crippen LogP contribution is 2.15. The van der Waals surface area contributed by atoms with Gasteiger partial charge < -0.3 is 4.74 Å². The number of nitrogens with zero attached hydrogens (tertiary/aromatic N) is 3. The van der Waals surface area contributed by atoms with Crippen molar-refractivity contribution in [2.75, 3.05) is 7.11 Å². The average molecular weight is 213 g/mol. The normalized spacial score (nSPS) is 11.2. The Bertz CT molecular complexity index is 468. The van der Waals surface area contributed by atoms with E-state index < -0.39 is 0 Å². The number of hydrogen-bond donors (Lipinski definition) is 0. The van der Waals surface area contributed by atoms with E-state index in [1.807, 2.05) is 36.4 Å². The molecule has 0 saturated heterocycles. The van der Waals surface area contributed by atoms with Gasteiger partial charge in [-0.25, -0.2) is 0 Å². The maximum Gasteiger partial charge on any atom is 0.147 e. The maximum absolute atomic E-state index is 5.27. The highest BCUT2D eigenvalue weighted by Gasteiger charge is 2.02. The number of aromatic nitrogens is 3. The molecule has 0 aliphatic heterocycles. The Balaban J connectivity index is 2.34. The van der Waals surface area contributed by atoms with Crippen molar-refractivity contribution >= 4 is 11.8 Å². The smallest absolute Gasteiger partial charge is 0.147 e. The van der Waals surface area contributed by atoms with E-state index in [0.29, 0.717) is 11.5 Å². The molecule has 0 atom stereocenters. The van der Waals surface area contributed by atoms with Gasteiger partial charge in [0.25, 0.3) is 0 Å². The monoisotopic (exact) mass is 213 g/mol. The lowest BCUT2D eigenvalue weighted by atomic mass is 10.2. The molecule has 0 aliphatic rings. The molecular weight excluding hydrogens is 202 g/mol. The molecule has 0 unspecified atom stereocenters. The molecule has 0 bridgehead atoms. The van der Waals surface area contributed by atoms with Crippen LogP contribution in [0.2, 0.25) is 0 Å². The lowest BCUT2D eigenvalue weighted by Gasteiger charge is -2.03. The zero-order valence-corrected chi connectivity index (χ0v) is 8.87. The van der Waals surface area contributed by atoms with Crippen LogP contribution in [-0.4, -0.2) is 22.5 Å². The highest BCUT2D eigenvalue weighted by molar-refractivity contribution is 5.75. The van der Waals surface area contributed by atoms with E-state index in [2.05, 4.69) is 15.4 Å². The van der Waals surface area contributed by atoms with Gasteiger partial charge >= 0.3 is 0 Å². The summed E-state index contributed by atoms with van der Waals surface area (Å²) in [6.45, 7) is 0. The van der Waals surface area contributed by atoms with Crippen LogP contribution in [0.1, 0.15) is 11.3 Å². The van der Waals surface area contributed by atoms with Gasteiger partial charge in [-0.3, -0.25) is 0 Å². The van der Waals surface area contributed by atoms with E-state index in [4.69, 9.17) is 4.74 Å². The van der Waals surface area contributed by atoms with Crippen molar-refractivity contribution in [1.29, 1.82) is 0 Å². The minimum absolute atomic E-state index is 0.668. The third kappa shape index (κ3) is 2.42. The first-order valence-electron chi connectivity index (χ1n) is 4.85. The molecule has 1 heterocycles. The second kappa shape index (κ2) is 5.02. The van der Waals surface area contributed by atoms with Crippen LogP contribution < -0.4 is 0 Å². The van der Waals surface area contributed by atoms with E-state index in [0.717, 1.165) is 5.56 Å². The van der Waals surface area contributed by atoms with Gasteiger partial charge in [0.1, 0.15) is 11.5 Å². The topological polar surface area (TPSA) is 47.9 Å². The molecular formula is C12H11N3O. The van der Waals surface area contributed by atoms with Crippen LogP contribution in [0.3, 0.4) is 0 Å². The van der Waals surface area contributed by atoms with Gasteiger partial charge in [0, 0.05) is 0 Å². The predicted octanol–water partition coefficient (Wildman–Crippen LogP) is 2.02. The Labute approximate surface area is 93.6 Å². The van der Waals surface area contributed by atoms with E-state index >= 15 is 0 Å². The van der Waals surface area contributed by atoms with Crippen LogP contribution in [0.25, 0.3) is 11.8 Å². The zero-order valence-electron chi connectivity index (χ0n) is 8.87. The number of rotatable bonds is 3. The molecule has 2 rings (SSSR count). The molecule has 0 aliphatic carbocycles. The average Bonchev–Trinajstić information content (AvgIpc) is 2.38. The minimum atomic E-state index is 0.668. The van der Waals surface area contributed by atoms with Gasteiger partial charge in [0.2, 0.25) is 0 Å². The summed E-state index contributed by atoms with van der Waals surface area (Å²) < 4.78 is 5.27. The van der Waals surface area contributed by atoms with Gasteiger partial charge in [-0.15, -0.1) is 10.2 Å². The Morgan fingerprint density at radius 1 is 1.19 bits per heavy atom. The minimum Gasteiger partial charge on any atom is -0.494 e. The fourth-order valence-corrected chi connectivity index (χ4v) is 1.31. The van der Waals surface area contributed by atoms with Crippen molar-refractivity contribution in [3.05, 3.63) is 53.9 Å². The molecule has 1 aromatic carbocycles. The summed E-state index contributed by atoms with van der Waals surface area (Å²) in [5, 5.41) is 11.1. The standard InChI is InChI=1S/C12H11N3O/c1-16-12(11-7-8-13-15-14-11)9-10-5-3-2-4-6-10/h2-9H,1H3. The summed E-state index contributed by atoms with van der Waals surface area (Å²) in [6.07, 6.45) is 3.49. The fraction of sp³-hybridized carbons (Fsp3) is 0.0833. The van der Waals surface area contributed by atoms with Gasteiger partial charge in [-0.05, 0) is 22.9 Å². The summed E-state index contributed by atoms with van der Waals surface area (Å²) in [7, 11) is 1.61. The molecule has 4 nitrogen and oxygen atoms in total. The molecule has 0 saturated carbocycles. The van der Waals surface area contributed by atoms with Gasteiger partial charge in [-0.1, -0.05) is 30.3 Å². The summed E-state index contributed by atoms with van der Waals surface area (Å²) in [5.41, 5.74) is 1.72. The highest BCUT2D eigenvalue weighted by atomic mass is 16.5. The second-order valence-electron chi connectivity index (χ2n) is 3.13. The summed E-state index contributed by atoms with van der Waals surface area (Å²) in [5.74, 6) is 0.668. The van der Waals surface area contributed by atoms with Crippen molar-refractivity contribution in [1.82, 2.24) is 15.4 Å². The van der Waals surface area contributed by atoms with Gasteiger partial charge in [-0.2, -0.15) is 0 Å². The van der Waals surface area contributed by atoms with Crippen molar-refractivity contribution in [3.8, 4) is 0 Å². The third-order valence-electron chi connectivity index (χ3n) is 2.07. The Kier molecular flexibility index (Phi) is 3.23. The molecule has 16 heavy (non-hydrogen) atoms. The molecule has 4 heteroatoms. The zero-order chi connectivity index (χ0) is 11.2. The largest absolute Gasteiger partial charge is 0.494 e. The SMILES string of the molecule is COC(=Cc1ccccc1)c1ccnnn1. The lowest BCUT2D eigenvalue weighted by Crippen LogP contribution is -1.95. The van der Waals surface area contributed by atoms with Crippen molar-refractivity contribution in [3.63, 3.8) is 0 Å². The number of methoxy groups -OCH3 is 1. The van der Waals surface area contributed by atoms with Crippen LogP contribution in [0, 0.1) is 0 Å². The first-order chi connectivity index (χ1) is 7.90. The van der Waals surface area contributed by atoms with Crippen LogP contribution in [-0.2, 0) is 4.74 Å². The molecule has 0 radical (unpaired) electrons. The molecule has 1 aromatic heterocycles. The summed E-state index contributed by atoms with van der Waals surface area (Å²) in [4.78, 5) is 0. The fourth-order valence-electron chi connectivity index (χ4n) is 1.31. The Hall–Kier alpha value is -2.23. The van der Waals surface area contributed by atoms with Crippen molar-refractivity contribution < 1.29 is 4.74 Å². The van der Waals surface area contributed by atoms with Gasteiger partial charge in [0.15, 0.2) is 0 Å². The summed E-state index contributed by atoms with van der Waals surface area (Å²) >= 11 is 0. The third-order valence-corrected chi connectivity index (χ3v) is 2.07. The van der Waals surface area contributed by atoms with Crippen LogP contribution in [0.5, 0.6) is 0 Å². The number of benzene rings is 1. The number of ether oxygens (including phenoxy) is 1. The van der Waals surface area contributed by atoms with Crippen LogP contribution in [0.4, 0.5) is 0 Å². The molecule has 0 amide bonds. The van der Waals surface area contributed by atoms with Crippen molar-refractivity contribution in [2.24, 2.45) is 0 Å². The van der Waals surface area contributed by atoms with Crippen LogP contribution >= 0.6 is 0 Å². The first-order valence-corrected chi connectivity index (χ1v) is 4.85. The van der Waals surface area contributed by atoms with E-state index in [1.54, 1.807) is 19.4 Å². The molecule has 0 spiro atoms. The number of hydrogen-bond acceptors (Lipinski definition) is 4. The van der Waals surface area contributed by atoms with E-state index in [-0.39, 0.29) is 0 Å². The quantitative estimate of drug-likeness (QED) is 0.732. The molecule has 80 valence electrons. The molecule has 2 aromatic rings. The van der Waals surface area contributed by atoms with Gasteiger partial charge in [0.05, 0.1) is 13.3 Å². The second-order valence-corrected chi connectivity index (χ2v) is 3.13. The molecule has 0 fully saturated rings. The predicted molar refractivity (Wildman–Crippen MR) is 61.1 cm³/mol. The Morgan fingerprint density at radius 2 is 2.00 bits per heavy atom. The maximum atomic E-state index is 5.27. The van der Waals surface area contributed by atoms with E-state index in [1.165, 1.54) is 0 Å². The van der Waals surface area contributed by atoms with Crippen LogP contribution in [0.15, 0.2) is 42.6 Å². The van der Waals surface area contributed by atoms with Crippen molar-refractivity contribution in [2.45, 2.75) is 0 Å². The summed E-state index contributed by atoms with van der Waals surface area (Å²) in [6, 6.07) is 11.7. The van der Waals surface area contributed by atoms with E-state index in [9.17, 15) is 0 Å². The Morgan fingerprint density at radius 3 is 2.62 bits per heavy atom.